The summed E-state index contributed by atoms with van der Waals surface area (Å²) in [6.45, 7) is 7.17. The molecule has 0 fully saturated rings. The van der Waals surface area contributed by atoms with Gasteiger partial charge in [-0.2, -0.15) is 0 Å². The highest BCUT2D eigenvalue weighted by atomic mass is 16.7. The predicted molar refractivity (Wildman–Crippen MR) is 70.0 cm³/mol. The molecule has 0 saturated heterocycles. The van der Waals surface area contributed by atoms with E-state index >= 15 is 0 Å². The van der Waals surface area contributed by atoms with Crippen molar-refractivity contribution in [2.75, 3.05) is 14.2 Å². The van der Waals surface area contributed by atoms with Crippen molar-refractivity contribution >= 4 is 0 Å². The second-order valence-electron chi connectivity index (χ2n) is 4.38. The molecule has 0 saturated carbocycles. The van der Waals surface area contributed by atoms with E-state index in [4.69, 9.17) is 9.47 Å². The zero-order valence-corrected chi connectivity index (χ0v) is 11.4. The first-order valence-electron chi connectivity index (χ1n) is 5.94. The Hall–Kier alpha value is -0.900. The number of benzene rings is 1. The third-order valence-corrected chi connectivity index (χ3v) is 3.12. The van der Waals surface area contributed by atoms with Crippen LogP contribution in [0.5, 0.6) is 0 Å². The molecule has 1 rings (SSSR count). The Bertz CT molecular complexity index is 328. The lowest BCUT2D eigenvalue weighted by atomic mass is 10.0. The summed E-state index contributed by atoms with van der Waals surface area (Å²) >= 11 is 0. The first kappa shape index (κ1) is 14.2. The number of rotatable bonds is 6. The first-order valence-corrected chi connectivity index (χ1v) is 5.94. The van der Waals surface area contributed by atoms with Gasteiger partial charge in [0.05, 0.1) is 6.04 Å². The zero-order valence-electron chi connectivity index (χ0n) is 11.4. The van der Waals surface area contributed by atoms with Gasteiger partial charge in [0.25, 0.3) is 0 Å². The lowest BCUT2D eigenvalue weighted by Gasteiger charge is -2.23. The number of aryl methyl sites for hydroxylation is 2. The number of hydrogen-bond acceptors (Lipinski definition) is 3. The van der Waals surface area contributed by atoms with Crippen molar-refractivity contribution in [3.05, 3.63) is 34.9 Å². The summed E-state index contributed by atoms with van der Waals surface area (Å²) < 4.78 is 10.5. The highest BCUT2D eigenvalue weighted by molar-refractivity contribution is 5.33. The van der Waals surface area contributed by atoms with E-state index in [1.54, 1.807) is 14.2 Å². The molecule has 0 radical (unpaired) electrons. The monoisotopic (exact) mass is 237 g/mol. The predicted octanol–water partition coefficient (Wildman–Crippen LogP) is 2.40. The Morgan fingerprint density at radius 3 is 2.12 bits per heavy atom. The van der Waals surface area contributed by atoms with Crippen LogP contribution >= 0.6 is 0 Å². The molecule has 1 atom stereocenters. The van der Waals surface area contributed by atoms with Gasteiger partial charge < -0.3 is 14.8 Å². The average Bonchev–Trinajstić information content (AvgIpc) is 2.30. The Kier molecular flexibility index (Phi) is 5.62. The Morgan fingerprint density at radius 1 is 1.12 bits per heavy atom. The van der Waals surface area contributed by atoms with Crippen molar-refractivity contribution < 1.29 is 9.47 Å². The molecule has 1 aromatic rings. The van der Waals surface area contributed by atoms with Gasteiger partial charge in [0.2, 0.25) is 0 Å². The molecular formula is C14H23NO2. The van der Waals surface area contributed by atoms with Crippen molar-refractivity contribution in [2.45, 2.75) is 39.6 Å². The van der Waals surface area contributed by atoms with E-state index in [1.165, 1.54) is 16.7 Å². The van der Waals surface area contributed by atoms with Crippen LogP contribution in [0.25, 0.3) is 0 Å². The molecule has 0 bridgehead atoms. The highest BCUT2D eigenvalue weighted by Crippen LogP contribution is 2.13. The van der Waals surface area contributed by atoms with Gasteiger partial charge in [-0.15, -0.1) is 0 Å². The maximum Gasteiger partial charge on any atom is 0.171 e. The molecule has 3 nitrogen and oxygen atoms in total. The number of hydrogen-bond donors (Lipinski definition) is 1. The number of ether oxygens (including phenoxy) is 2. The summed E-state index contributed by atoms with van der Waals surface area (Å²) in [7, 11) is 3.32. The summed E-state index contributed by atoms with van der Waals surface area (Å²) in [6.07, 6.45) is -0.209. The summed E-state index contributed by atoms with van der Waals surface area (Å²) in [6, 6.07) is 6.52. The lowest BCUT2D eigenvalue weighted by molar-refractivity contribution is -0.119. The molecule has 1 unspecified atom stereocenters. The largest absolute Gasteiger partial charge is 0.354 e. The third-order valence-electron chi connectivity index (χ3n) is 3.12. The van der Waals surface area contributed by atoms with Crippen molar-refractivity contribution in [1.29, 1.82) is 0 Å². The molecule has 17 heavy (non-hydrogen) atoms. The Morgan fingerprint density at radius 2 is 1.65 bits per heavy atom. The molecule has 0 amide bonds. The minimum atomic E-state index is -0.209. The Balaban J connectivity index is 2.61. The van der Waals surface area contributed by atoms with E-state index in [-0.39, 0.29) is 12.3 Å². The van der Waals surface area contributed by atoms with E-state index in [0.29, 0.717) is 0 Å². The Labute approximate surface area is 104 Å². The molecule has 96 valence electrons. The zero-order chi connectivity index (χ0) is 12.8. The van der Waals surface area contributed by atoms with Gasteiger partial charge in [0.1, 0.15) is 0 Å². The van der Waals surface area contributed by atoms with Crippen LogP contribution in [0.3, 0.4) is 0 Å². The van der Waals surface area contributed by atoms with E-state index in [0.717, 1.165) is 6.54 Å². The molecule has 3 heteroatoms. The van der Waals surface area contributed by atoms with E-state index in [9.17, 15) is 0 Å². The fourth-order valence-corrected chi connectivity index (χ4v) is 1.99. The molecule has 1 aromatic carbocycles. The van der Waals surface area contributed by atoms with Crippen LogP contribution in [-0.2, 0) is 16.0 Å². The summed E-state index contributed by atoms with van der Waals surface area (Å²) in [5.74, 6) is 0. The summed E-state index contributed by atoms with van der Waals surface area (Å²) in [5.41, 5.74) is 3.98. The molecule has 0 aromatic heterocycles. The fraction of sp³-hybridized carbons (Fsp3) is 0.571. The van der Waals surface area contributed by atoms with E-state index in [1.807, 2.05) is 0 Å². The minimum absolute atomic E-state index is 0.156. The van der Waals surface area contributed by atoms with Gasteiger partial charge in [-0.25, -0.2) is 0 Å². The molecular weight excluding hydrogens is 214 g/mol. The minimum Gasteiger partial charge on any atom is -0.354 e. The van der Waals surface area contributed by atoms with Crippen LogP contribution in [0, 0.1) is 13.8 Å². The van der Waals surface area contributed by atoms with Gasteiger partial charge >= 0.3 is 0 Å². The first-order chi connectivity index (χ1) is 8.10. The van der Waals surface area contributed by atoms with Gasteiger partial charge in [-0.3, -0.25) is 0 Å². The van der Waals surface area contributed by atoms with Gasteiger partial charge in [-0.1, -0.05) is 18.2 Å². The van der Waals surface area contributed by atoms with Crippen molar-refractivity contribution in [2.24, 2.45) is 0 Å². The lowest BCUT2D eigenvalue weighted by Crippen LogP contribution is -2.39. The topological polar surface area (TPSA) is 30.5 Å². The van der Waals surface area contributed by atoms with Crippen LogP contribution in [-0.4, -0.2) is 26.6 Å². The second kappa shape index (κ2) is 6.74. The number of methoxy groups -OCH3 is 2. The average molecular weight is 237 g/mol. The quantitative estimate of drug-likeness (QED) is 0.771. The van der Waals surface area contributed by atoms with Crippen molar-refractivity contribution in [1.82, 2.24) is 5.32 Å². The van der Waals surface area contributed by atoms with Crippen LogP contribution in [0.15, 0.2) is 18.2 Å². The van der Waals surface area contributed by atoms with Crippen LogP contribution in [0.4, 0.5) is 0 Å². The third kappa shape index (κ3) is 3.80. The van der Waals surface area contributed by atoms with Crippen molar-refractivity contribution in [3.63, 3.8) is 0 Å². The molecule has 0 heterocycles. The maximum atomic E-state index is 5.23. The van der Waals surface area contributed by atoms with E-state index in [2.05, 4.69) is 44.3 Å². The summed E-state index contributed by atoms with van der Waals surface area (Å²) in [5, 5.41) is 3.43. The number of nitrogens with one attached hydrogen (secondary N) is 1. The second-order valence-corrected chi connectivity index (χ2v) is 4.38. The molecule has 0 aliphatic rings. The SMILES string of the molecule is COC(OC)C(C)NCc1c(C)cccc1C. The van der Waals surface area contributed by atoms with Crippen LogP contribution < -0.4 is 5.32 Å². The highest BCUT2D eigenvalue weighted by Gasteiger charge is 2.15. The normalized spacial score (nSPS) is 13.1. The van der Waals surface area contributed by atoms with Crippen molar-refractivity contribution in [3.8, 4) is 0 Å². The standard InChI is InChI=1S/C14H23NO2/c1-10-7-6-8-11(2)13(10)9-15-12(3)14(16-4)17-5/h6-8,12,14-15H,9H2,1-5H3. The molecule has 0 aliphatic heterocycles. The summed E-state index contributed by atoms with van der Waals surface area (Å²) in [4.78, 5) is 0. The van der Waals surface area contributed by atoms with Gasteiger partial charge in [0, 0.05) is 20.8 Å². The van der Waals surface area contributed by atoms with E-state index < -0.39 is 0 Å². The maximum absolute atomic E-state index is 5.23. The smallest absolute Gasteiger partial charge is 0.171 e. The van der Waals surface area contributed by atoms with Crippen LogP contribution in [0.1, 0.15) is 23.6 Å². The molecule has 0 spiro atoms. The van der Waals surface area contributed by atoms with Crippen LogP contribution in [0.2, 0.25) is 0 Å². The molecule has 1 N–H and O–H groups in total. The fourth-order valence-electron chi connectivity index (χ4n) is 1.99. The molecule has 0 aliphatic carbocycles. The van der Waals surface area contributed by atoms with Gasteiger partial charge in [-0.05, 0) is 37.5 Å². The van der Waals surface area contributed by atoms with Gasteiger partial charge in [0.15, 0.2) is 6.29 Å².